The summed E-state index contributed by atoms with van der Waals surface area (Å²) in [4.78, 5) is 25.5. The maximum atomic E-state index is 12.8. The van der Waals surface area contributed by atoms with Crippen LogP contribution in [0.3, 0.4) is 0 Å². The van der Waals surface area contributed by atoms with Crippen molar-refractivity contribution in [1.29, 1.82) is 0 Å². The van der Waals surface area contributed by atoms with Crippen LogP contribution < -0.4 is 0 Å². The second kappa shape index (κ2) is 46.2. The van der Waals surface area contributed by atoms with Gasteiger partial charge in [-0.25, -0.2) is 0 Å². The van der Waals surface area contributed by atoms with Crippen LogP contribution in [-0.4, -0.2) is 125 Å². The van der Waals surface area contributed by atoms with Crippen LogP contribution in [0, 0.1) is 11.8 Å². The molecule has 0 aromatic heterocycles. The lowest BCUT2D eigenvalue weighted by Gasteiger charge is -2.19. The zero-order chi connectivity index (χ0) is 45.6. The third kappa shape index (κ3) is 42.6. The molecule has 0 aliphatic carbocycles. The molecule has 0 bridgehead atoms. The van der Waals surface area contributed by atoms with Crippen LogP contribution >= 0.6 is 0 Å². The molecule has 0 saturated carbocycles. The molecule has 62 heavy (non-hydrogen) atoms. The lowest BCUT2D eigenvalue weighted by atomic mass is 9.95. The molecular weight excluding hydrogens is 817 g/mol. The van der Waals surface area contributed by atoms with Crippen LogP contribution in [0.25, 0.3) is 0 Å². The van der Waals surface area contributed by atoms with Crippen molar-refractivity contribution < 1.29 is 60.1 Å². The Morgan fingerprint density at radius 1 is 0.387 bits per heavy atom. The van der Waals surface area contributed by atoms with E-state index in [4.69, 9.17) is 37.9 Å². The van der Waals surface area contributed by atoms with Gasteiger partial charge in [0.05, 0.1) is 97.4 Å². The first-order chi connectivity index (χ1) is 30.2. The van der Waals surface area contributed by atoms with Gasteiger partial charge in [0.15, 0.2) is 0 Å². The second-order valence-corrected chi connectivity index (χ2v) is 18.2. The minimum absolute atomic E-state index is 0.0108. The molecular formula is C48H94O13S. The monoisotopic (exact) mass is 911 g/mol. The molecule has 3 unspecified atom stereocenters. The van der Waals surface area contributed by atoms with Crippen LogP contribution in [0.2, 0.25) is 0 Å². The summed E-state index contributed by atoms with van der Waals surface area (Å²) in [5, 5.41) is 0. The summed E-state index contributed by atoms with van der Waals surface area (Å²) in [6.07, 6.45) is 25.9. The normalized spacial score (nSPS) is 13.3. The highest BCUT2D eigenvalue weighted by atomic mass is 32.2. The van der Waals surface area contributed by atoms with Crippen molar-refractivity contribution >= 4 is 22.1 Å². The molecule has 0 aromatic carbocycles. The van der Waals surface area contributed by atoms with Crippen LogP contribution in [-0.2, 0) is 61.8 Å². The highest BCUT2D eigenvalue weighted by Gasteiger charge is 2.20. The lowest BCUT2D eigenvalue weighted by Crippen LogP contribution is -2.27. The van der Waals surface area contributed by atoms with E-state index in [1.807, 2.05) is 0 Å². The molecule has 0 aliphatic rings. The Balaban J connectivity index is 4.46. The smallest absolute Gasteiger partial charge is 0.308 e. The van der Waals surface area contributed by atoms with Crippen LogP contribution in [0.15, 0.2) is 0 Å². The number of carbonyl (C=O) groups excluding carboxylic acids is 2. The van der Waals surface area contributed by atoms with Crippen molar-refractivity contribution in [1.82, 2.24) is 0 Å². The van der Waals surface area contributed by atoms with E-state index in [1.54, 1.807) is 0 Å². The molecule has 14 heteroatoms. The topological polar surface area (TPSA) is 151 Å². The summed E-state index contributed by atoms with van der Waals surface area (Å²) in [5.41, 5.74) is 0. The zero-order valence-electron chi connectivity index (χ0n) is 40.3. The number of rotatable bonds is 50. The van der Waals surface area contributed by atoms with Crippen LogP contribution in [0.1, 0.15) is 182 Å². The molecule has 0 spiro atoms. The molecule has 13 nitrogen and oxygen atoms in total. The third-order valence-corrected chi connectivity index (χ3v) is 11.2. The fraction of sp³-hybridized carbons (Fsp3) is 0.958. The van der Waals surface area contributed by atoms with Gasteiger partial charge in [0.2, 0.25) is 0 Å². The van der Waals surface area contributed by atoms with E-state index in [9.17, 15) is 18.0 Å². The average Bonchev–Trinajstić information content (AvgIpc) is 3.25. The van der Waals surface area contributed by atoms with Gasteiger partial charge in [-0.1, -0.05) is 118 Å². The molecule has 0 radical (unpaired) electrons. The molecule has 0 fully saturated rings. The molecule has 0 amide bonds. The lowest BCUT2D eigenvalue weighted by molar-refractivity contribution is -0.150. The van der Waals surface area contributed by atoms with Gasteiger partial charge in [-0.2, -0.15) is 8.42 Å². The largest absolute Gasteiger partial charge is 0.465 e. The van der Waals surface area contributed by atoms with Crippen molar-refractivity contribution in [3.05, 3.63) is 0 Å². The Bertz CT molecular complexity index is 1080. The summed E-state index contributed by atoms with van der Waals surface area (Å²) in [7, 11) is -3.45. The SMILES string of the molecule is CCCCCCC(CCCC)C(=O)OCCCCCCOCC(COCCOCCOCCOCCOS(C)(=O)=O)OCCCCCCOC(=O)C(CCCC)CCCCCC. The number of hydrogen-bond donors (Lipinski definition) is 0. The first-order valence-electron chi connectivity index (χ1n) is 24.9. The first kappa shape index (κ1) is 60.6. The molecule has 3 atom stereocenters. The molecule has 0 heterocycles. The Morgan fingerprint density at radius 3 is 1.18 bits per heavy atom. The Kier molecular flexibility index (Phi) is 45.1. The molecule has 0 rings (SSSR count). The van der Waals surface area contributed by atoms with E-state index >= 15 is 0 Å². The summed E-state index contributed by atoms with van der Waals surface area (Å²) in [6, 6.07) is 0. The standard InChI is InChI=1S/C48H94O13S/c1-6-10-14-20-28-44(26-12-8-3)47(49)59-32-24-17-16-22-30-56-42-46(43-57-39-38-54-35-34-53-36-37-55-40-41-61-62(5,51)52)58-31-23-18-19-25-33-60-48(50)45(27-13-9-4)29-21-15-11-7-2/h44-46H,6-43H2,1-5H3. The van der Waals surface area contributed by atoms with E-state index in [0.29, 0.717) is 79.3 Å². The number of ether oxygens (including phenoxy) is 8. The Morgan fingerprint density at radius 2 is 0.742 bits per heavy atom. The Labute approximate surface area is 379 Å². The predicted octanol–water partition coefficient (Wildman–Crippen LogP) is 10.2. The quantitative estimate of drug-likeness (QED) is 0.0324. The maximum Gasteiger partial charge on any atom is 0.308 e. The zero-order valence-corrected chi connectivity index (χ0v) is 41.1. The van der Waals surface area contributed by atoms with E-state index < -0.39 is 10.1 Å². The third-order valence-electron chi connectivity index (χ3n) is 10.6. The van der Waals surface area contributed by atoms with Crippen LogP contribution in [0.5, 0.6) is 0 Å². The fourth-order valence-electron chi connectivity index (χ4n) is 6.82. The van der Waals surface area contributed by atoms with E-state index in [0.717, 1.165) is 122 Å². The highest BCUT2D eigenvalue weighted by Crippen LogP contribution is 2.21. The minimum atomic E-state index is -3.45. The summed E-state index contributed by atoms with van der Waals surface area (Å²) in [5.74, 6) is 0.0584. The molecule has 370 valence electrons. The number of carbonyl (C=O) groups is 2. The molecule has 0 aromatic rings. The van der Waals surface area contributed by atoms with Crippen molar-refractivity contribution in [3.8, 4) is 0 Å². The summed E-state index contributed by atoms with van der Waals surface area (Å²) < 4.78 is 72.4. The summed E-state index contributed by atoms with van der Waals surface area (Å²) >= 11 is 0. The van der Waals surface area contributed by atoms with Gasteiger partial charge < -0.3 is 37.9 Å². The maximum absolute atomic E-state index is 12.8. The second-order valence-electron chi connectivity index (χ2n) is 16.5. The van der Waals surface area contributed by atoms with Crippen molar-refractivity contribution in [2.24, 2.45) is 11.8 Å². The highest BCUT2D eigenvalue weighted by molar-refractivity contribution is 7.85. The molecule has 0 N–H and O–H groups in total. The number of unbranched alkanes of at least 4 members (excludes halogenated alkanes) is 14. The number of esters is 2. The van der Waals surface area contributed by atoms with Gasteiger partial charge in [0, 0.05) is 13.2 Å². The first-order valence-corrected chi connectivity index (χ1v) is 26.7. The Hall–Kier alpha value is -1.39. The van der Waals surface area contributed by atoms with Gasteiger partial charge in [0.25, 0.3) is 10.1 Å². The average molecular weight is 911 g/mol. The number of hydrogen-bond acceptors (Lipinski definition) is 13. The van der Waals surface area contributed by atoms with Crippen LogP contribution in [0.4, 0.5) is 0 Å². The van der Waals surface area contributed by atoms with Crippen molar-refractivity contribution in [2.75, 3.05) is 98.8 Å². The summed E-state index contributed by atoms with van der Waals surface area (Å²) in [6.45, 7) is 14.4. The van der Waals surface area contributed by atoms with Crippen molar-refractivity contribution in [2.45, 2.75) is 188 Å². The van der Waals surface area contributed by atoms with Crippen molar-refractivity contribution in [3.63, 3.8) is 0 Å². The van der Waals surface area contributed by atoms with Gasteiger partial charge in [-0.05, 0) is 64.2 Å². The van der Waals surface area contributed by atoms with Gasteiger partial charge in [-0.3, -0.25) is 13.8 Å². The predicted molar refractivity (Wildman–Crippen MR) is 247 cm³/mol. The van der Waals surface area contributed by atoms with Gasteiger partial charge in [-0.15, -0.1) is 0 Å². The van der Waals surface area contributed by atoms with E-state index in [-0.39, 0.29) is 43.1 Å². The van der Waals surface area contributed by atoms with Gasteiger partial charge >= 0.3 is 11.9 Å². The van der Waals surface area contributed by atoms with Gasteiger partial charge in [0.1, 0.15) is 6.10 Å². The molecule has 0 aliphatic heterocycles. The molecule has 0 saturated heterocycles. The van der Waals surface area contributed by atoms with E-state index in [1.165, 1.54) is 38.5 Å². The minimum Gasteiger partial charge on any atom is -0.465 e. The fourth-order valence-corrected chi connectivity index (χ4v) is 7.19. The van der Waals surface area contributed by atoms with E-state index in [2.05, 4.69) is 31.9 Å².